The van der Waals surface area contributed by atoms with E-state index in [0.29, 0.717) is 36.4 Å². The number of hydrogen-bond donors (Lipinski definition) is 1. The number of nitrogens with zero attached hydrogens (tertiary/aromatic N) is 3. The van der Waals surface area contributed by atoms with E-state index in [2.05, 4.69) is 10.4 Å². The lowest BCUT2D eigenvalue weighted by atomic mass is 10.2. The lowest BCUT2D eigenvalue weighted by Crippen LogP contribution is -2.24. The summed E-state index contributed by atoms with van der Waals surface area (Å²) in [6.45, 7) is 1.09. The second kappa shape index (κ2) is 7.47. The Morgan fingerprint density at radius 2 is 1.82 bits per heavy atom. The molecule has 0 spiro atoms. The summed E-state index contributed by atoms with van der Waals surface area (Å²) >= 11 is 0. The third-order valence-corrected chi connectivity index (χ3v) is 6.46. The van der Waals surface area contributed by atoms with E-state index >= 15 is 0 Å². The average molecular weight is 396 g/mol. The molecule has 0 bridgehead atoms. The van der Waals surface area contributed by atoms with Gasteiger partial charge in [0, 0.05) is 18.4 Å². The number of carbonyl (C=O) groups excluding carboxylic acids is 1. The molecule has 1 aliphatic heterocycles. The lowest BCUT2D eigenvalue weighted by molar-refractivity contribution is 0.102. The van der Waals surface area contributed by atoms with Crippen LogP contribution in [0, 0.1) is 0 Å². The number of benzene rings is 2. The number of sulfonamides is 1. The van der Waals surface area contributed by atoms with Crippen molar-refractivity contribution in [3.05, 3.63) is 78.1 Å². The molecule has 1 saturated heterocycles. The molecule has 7 nitrogen and oxygen atoms in total. The predicted octanol–water partition coefficient (Wildman–Crippen LogP) is 2.72. The van der Waals surface area contributed by atoms with Gasteiger partial charge in [-0.1, -0.05) is 30.3 Å². The molecule has 8 heteroatoms. The molecular weight excluding hydrogens is 376 g/mol. The van der Waals surface area contributed by atoms with Gasteiger partial charge in [0.25, 0.3) is 5.91 Å². The van der Waals surface area contributed by atoms with E-state index < -0.39 is 10.0 Å². The number of hydrogen-bond acceptors (Lipinski definition) is 4. The standard InChI is InChI=1S/C20H20N4O3S/c25-20(17-13-21-23(15-17)14-16-5-2-1-3-6-16)22-18-7-9-19(10-8-18)24-11-4-12-28(24,26)27/h1-3,5-10,13,15H,4,11-12,14H2,(H,22,25). The average Bonchev–Trinajstić information content (AvgIpc) is 3.29. The molecule has 0 aliphatic carbocycles. The minimum absolute atomic E-state index is 0.179. The quantitative estimate of drug-likeness (QED) is 0.719. The maximum absolute atomic E-state index is 12.5. The third kappa shape index (κ3) is 3.91. The summed E-state index contributed by atoms with van der Waals surface area (Å²) in [5, 5.41) is 7.05. The van der Waals surface area contributed by atoms with Crippen LogP contribution in [0.2, 0.25) is 0 Å². The topological polar surface area (TPSA) is 84.3 Å². The molecule has 2 heterocycles. The molecule has 28 heavy (non-hydrogen) atoms. The van der Waals surface area contributed by atoms with E-state index in [1.807, 2.05) is 30.3 Å². The van der Waals surface area contributed by atoms with Crippen LogP contribution >= 0.6 is 0 Å². The molecule has 4 rings (SSSR count). The fourth-order valence-corrected chi connectivity index (χ4v) is 4.75. The third-order valence-electron chi connectivity index (χ3n) is 4.60. The van der Waals surface area contributed by atoms with E-state index in [1.54, 1.807) is 35.1 Å². The maximum Gasteiger partial charge on any atom is 0.258 e. The van der Waals surface area contributed by atoms with Gasteiger partial charge in [-0.05, 0) is 36.2 Å². The second-order valence-electron chi connectivity index (χ2n) is 6.65. The normalized spacial score (nSPS) is 15.5. The Labute approximate surface area is 163 Å². The van der Waals surface area contributed by atoms with Crippen LogP contribution < -0.4 is 9.62 Å². The van der Waals surface area contributed by atoms with E-state index in [1.165, 1.54) is 10.5 Å². The summed E-state index contributed by atoms with van der Waals surface area (Å²) < 4.78 is 27.1. The Morgan fingerprint density at radius 3 is 2.50 bits per heavy atom. The minimum atomic E-state index is -3.21. The molecule has 0 atom stereocenters. The summed E-state index contributed by atoms with van der Waals surface area (Å²) in [7, 11) is -3.21. The summed E-state index contributed by atoms with van der Waals surface area (Å²) in [5.74, 6) is -0.0841. The fraction of sp³-hybridized carbons (Fsp3) is 0.200. The van der Waals surface area contributed by atoms with E-state index in [-0.39, 0.29) is 11.7 Å². The Bertz CT molecular complexity index is 1080. The zero-order valence-electron chi connectivity index (χ0n) is 15.2. The molecule has 1 aromatic heterocycles. The first-order chi connectivity index (χ1) is 13.5. The van der Waals surface area contributed by atoms with Crippen LogP contribution in [0.3, 0.4) is 0 Å². The van der Waals surface area contributed by atoms with Gasteiger partial charge in [-0.15, -0.1) is 0 Å². The number of anilines is 2. The summed E-state index contributed by atoms with van der Waals surface area (Å²) in [6.07, 6.45) is 3.87. The molecule has 1 fully saturated rings. The van der Waals surface area contributed by atoms with Crippen molar-refractivity contribution in [3.63, 3.8) is 0 Å². The smallest absolute Gasteiger partial charge is 0.258 e. The Kier molecular flexibility index (Phi) is 4.87. The fourth-order valence-electron chi connectivity index (χ4n) is 3.18. The van der Waals surface area contributed by atoms with Gasteiger partial charge >= 0.3 is 0 Å². The zero-order valence-corrected chi connectivity index (χ0v) is 16.0. The molecular formula is C20H20N4O3S. The van der Waals surface area contributed by atoms with Gasteiger partial charge in [-0.3, -0.25) is 13.8 Å². The van der Waals surface area contributed by atoms with Gasteiger partial charge in [0.2, 0.25) is 10.0 Å². The molecule has 2 aromatic carbocycles. The highest BCUT2D eigenvalue weighted by molar-refractivity contribution is 7.93. The predicted molar refractivity (Wildman–Crippen MR) is 108 cm³/mol. The Balaban J connectivity index is 1.41. The number of rotatable bonds is 5. The SMILES string of the molecule is O=C(Nc1ccc(N2CCCS2(=O)=O)cc1)c1cnn(Cc2ccccc2)c1. The second-order valence-corrected chi connectivity index (χ2v) is 8.67. The van der Waals surface area contributed by atoms with Crippen LogP contribution in [-0.4, -0.2) is 36.4 Å². The first-order valence-electron chi connectivity index (χ1n) is 8.99. The van der Waals surface area contributed by atoms with E-state index in [0.717, 1.165) is 5.56 Å². The lowest BCUT2D eigenvalue weighted by Gasteiger charge is -2.17. The van der Waals surface area contributed by atoms with Crippen molar-refractivity contribution in [1.82, 2.24) is 9.78 Å². The van der Waals surface area contributed by atoms with Crippen LogP contribution in [0.15, 0.2) is 67.0 Å². The highest BCUT2D eigenvalue weighted by Gasteiger charge is 2.28. The summed E-state index contributed by atoms with van der Waals surface area (Å²) in [6, 6.07) is 16.7. The summed E-state index contributed by atoms with van der Waals surface area (Å²) in [5.41, 5.74) is 2.78. The first kappa shape index (κ1) is 18.2. The molecule has 1 amide bonds. The van der Waals surface area contributed by atoms with Crippen LogP contribution in [0.4, 0.5) is 11.4 Å². The van der Waals surface area contributed by atoms with Crippen molar-refractivity contribution in [3.8, 4) is 0 Å². The number of nitrogens with one attached hydrogen (secondary N) is 1. The van der Waals surface area contributed by atoms with Crippen molar-refractivity contribution >= 4 is 27.3 Å². The molecule has 1 aliphatic rings. The Morgan fingerprint density at radius 1 is 1.07 bits per heavy atom. The van der Waals surface area contributed by atoms with Gasteiger partial charge in [0.1, 0.15) is 0 Å². The minimum Gasteiger partial charge on any atom is -0.322 e. The van der Waals surface area contributed by atoms with Gasteiger partial charge in [0.05, 0.1) is 29.7 Å². The maximum atomic E-state index is 12.5. The van der Waals surface area contributed by atoms with Gasteiger partial charge < -0.3 is 5.32 Å². The molecule has 3 aromatic rings. The van der Waals surface area contributed by atoms with Crippen LogP contribution in [0.5, 0.6) is 0 Å². The van der Waals surface area contributed by atoms with Gasteiger partial charge in [0.15, 0.2) is 0 Å². The van der Waals surface area contributed by atoms with Crippen molar-refractivity contribution in [1.29, 1.82) is 0 Å². The highest BCUT2D eigenvalue weighted by Crippen LogP contribution is 2.25. The number of amides is 1. The molecule has 0 radical (unpaired) electrons. The number of carbonyl (C=O) groups is 1. The summed E-state index contributed by atoms with van der Waals surface area (Å²) in [4.78, 5) is 12.5. The molecule has 0 unspecified atom stereocenters. The molecule has 1 N–H and O–H groups in total. The highest BCUT2D eigenvalue weighted by atomic mass is 32.2. The molecule has 0 saturated carbocycles. The molecule has 144 valence electrons. The van der Waals surface area contributed by atoms with E-state index in [9.17, 15) is 13.2 Å². The van der Waals surface area contributed by atoms with Crippen molar-refractivity contribution < 1.29 is 13.2 Å². The van der Waals surface area contributed by atoms with E-state index in [4.69, 9.17) is 0 Å². The first-order valence-corrected chi connectivity index (χ1v) is 10.6. The Hall–Kier alpha value is -3.13. The van der Waals surface area contributed by atoms with Gasteiger partial charge in [-0.25, -0.2) is 8.42 Å². The van der Waals surface area contributed by atoms with Crippen LogP contribution in [0.1, 0.15) is 22.3 Å². The number of aromatic nitrogens is 2. The monoisotopic (exact) mass is 396 g/mol. The van der Waals surface area contributed by atoms with Crippen molar-refractivity contribution in [2.75, 3.05) is 21.9 Å². The van der Waals surface area contributed by atoms with Crippen LogP contribution in [0.25, 0.3) is 0 Å². The van der Waals surface area contributed by atoms with Crippen LogP contribution in [-0.2, 0) is 16.6 Å². The van der Waals surface area contributed by atoms with Crippen molar-refractivity contribution in [2.24, 2.45) is 0 Å². The van der Waals surface area contributed by atoms with Gasteiger partial charge in [-0.2, -0.15) is 5.10 Å². The largest absolute Gasteiger partial charge is 0.322 e. The van der Waals surface area contributed by atoms with Crippen molar-refractivity contribution in [2.45, 2.75) is 13.0 Å². The zero-order chi connectivity index (χ0) is 19.6.